The molecule has 20 heavy (non-hydrogen) atoms. The van der Waals surface area contributed by atoms with Gasteiger partial charge in [-0.15, -0.1) is 0 Å². The van der Waals surface area contributed by atoms with Crippen molar-refractivity contribution in [3.63, 3.8) is 0 Å². The Morgan fingerprint density at radius 2 is 1.95 bits per heavy atom. The van der Waals surface area contributed by atoms with Crippen molar-refractivity contribution in [3.8, 4) is 5.75 Å². The van der Waals surface area contributed by atoms with Gasteiger partial charge >= 0.3 is 0 Å². The molecule has 0 spiro atoms. The number of anilines is 2. The van der Waals surface area contributed by atoms with E-state index in [1.807, 2.05) is 13.0 Å². The standard InChI is InChI=1S/C15H18N2O3/c1-4-5-6-7-15(19)17-13-10-12(16-11(2)18)8-9-14(13)20-3/h4-10H,1-3H3,(H,16,18)(H,17,19). The molecule has 0 saturated carbocycles. The molecule has 1 aromatic rings. The van der Waals surface area contributed by atoms with Crippen LogP contribution in [0.2, 0.25) is 0 Å². The lowest BCUT2D eigenvalue weighted by Crippen LogP contribution is -2.10. The molecule has 0 aliphatic heterocycles. The van der Waals surface area contributed by atoms with Gasteiger partial charge in [0, 0.05) is 18.7 Å². The number of hydrogen-bond acceptors (Lipinski definition) is 3. The Labute approximate surface area is 118 Å². The van der Waals surface area contributed by atoms with Crippen molar-refractivity contribution < 1.29 is 14.3 Å². The van der Waals surface area contributed by atoms with E-state index in [0.717, 1.165) is 0 Å². The highest BCUT2D eigenvalue weighted by Crippen LogP contribution is 2.27. The van der Waals surface area contributed by atoms with Gasteiger partial charge in [-0.25, -0.2) is 0 Å². The number of rotatable bonds is 5. The number of allylic oxidation sites excluding steroid dienone is 3. The number of hydrogen-bond donors (Lipinski definition) is 2. The number of ether oxygens (including phenoxy) is 1. The molecule has 0 aliphatic carbocycles. The molecule has 0 atom stereocenters. The second-order valence-electron chi connectivity index (χ2n) is 3.97. The Morgan fingerprint density at radius 1 is 1.20 bits per heavy atom. The topological polar surface area (TPSA) is 67.4 Å². The third kappa shape index (κ3) is 4.97. The number of carbonyl (C=O) groups is 2. The van der Waals surface area contributed by atoms with Gasteiger partial charge in [0.1, 0.15) is 5.75 Å². The Bertz CT molecular complexity index is 548. The number of amides is 2. The summed E-state index contributed by atoms with van der Waals surface area (Å²) in [7, 11) is 1.51. The SMILES string of the molecule is CC=CC=CC(=O)Nc1cc(NC(C)=O)ccc1OC. The summed E-state index contributed by atoms with van der Waals surface area (Å²) >= 11 is 0. The summed E-state index contributed by atoms with van der Waals surface area (Å²) < 4.78 is 5.17. The second kappa shape index (κ2) is 7.78. The average molecular weight is 274 g/mol. The summed E-state index contributed by atoms with van der Waals surface area (Å²) in [6.45, 7) is 3.28. The maximum Gasteiger partial charge on any atom is 0.248 e. The lowest BCUT2D eigenvalue weighted by atomic mass is 10.2. The first-order valence-corrected chi connectivity index (χ1v) is 6.12. The lowest BCUT2D eigenvalue weighted by molar-refractivity contribution is -0.114. The lowest BCUT2D eigenvalue weighted by Gasteiger charge is -2.11. The van der Waals surface area contributed by atoms with Crippen LogP contribution in [0.1, 0.15) is 13.8 Å². The molecule has 1 aromatic carbocycles. The quantitative estimate of drug-likeness (QED) is 0.641. The summed E-state index contributed by atoms with van der Waals surface area (Å²) in [4.78, 5) is 22.7. The van der Waals surface area contributed by atoms with Gasteiger partial charge in [-0.3, -0.25) is 9.59 Å². The summed E-state index contributed by atoms with van der Waals surface area (Å²) in [5, 5.41) is 5.35. The van der Waals surface area contributed by atoms with Crippen molar-refractivity contribution >= 4 is 23.2 Å². The van der Waals surface area contributed by atoms with E-state index in [2.05, 4.69) is 10.6 Å². The van der Waals surface area contributed by atoms with Crippen LogP contribution in [0.3, 0.4) is 0 Å². The van der Waals surface area contributed by atoms with Gasteiger partial charge in [0.05, 0.1) is 12.8 Å². The fourth-order valence-electron chi connectivity index (χ4n) is 1.52. The molecule has 0 radical (unpaired) electrons. The van der Waals surface area contributed by atoms with E-state index in [4.69, 9.17) is 4.74 Å². The molecule has 0 aliphatic rings. The molecule has 0 bridgehead atoms. The molecule has 2 amide bonds. The third-order valence-corrected chi connectivity index (χ3v) is 2.33. The fourth-order valence-corrected chi connectivity index (χ4v) is 1.52. The molecule has 2 N–H and O–H groups in total. The van der Waals surface area contributed by atoms with E-state index in [0.29, 0.717) is 17.1 Å². The summed E-state index contributed by atoms with van der Waals surface area (Å²) in [5.41, 5.74) is 1.08. The van der Waals surface area contributed by atoms with Crippen LogP contribution < -0.4 is 15.4 Å². The Balaban J connectivity index is 2.90. The largest absolute Gasteiger partial charge is 0.495 e. The maximum absolute atomic E-state index is 11.7. The van der Waals surface area contributed by atoms with Crippen molar-refractivity contribution in [2.45, 2.75) is 13.8 Å². The van der Waals surface area contributed by atoms with E-state index in [1.165, 1.54) is 20.1 Å². The third-order valence-electron chi connectivity index (χ3n) is 2.33. The van der Waals surface area contributed by atoms with Crippen molar-refractivity contribution in [1.82, 2.24) is 0 Å². The molecule has 5 heteroatoms. The smallest absolute Gasteiger partial charge is 0.248 e. The minimum Gasteiger partial charge on any atom is -0.495 e. The number of nitrogens with one attached hydrogen (secondary N) is 2. The highest BCUT2D eigenvalue weighted by Gasteiger charge is 2.07. The Hall–Kier alpha value is -2.56. The van der Waals surface area contributed by atoms with Gasteiger partial charge in [-0.1, -0.05) is 18.2 Å². The fraction of sp³-hybridized carbons (Fsp3) is 0.200. The molecule has 5 nitrogen and oxygen atoms in total. The number of carbonyl (C=O) groups excluding carboxylic acids is 2. The van der Waals surface area contributed by atoms with Gasteiger partial charge in [-0.05, 0) is 25.1 Å². The summed E-state index contributed by atoms with van der Waals surface area (Å²) in [6.07, 6.45) is 6.62. The first kappa shape index (κ1) is 15.5. The van der Waals surface area contributed by atoms with Gasteiger partial charge in [0.15, 0.2) is 0 Å². The van der Waals surface area contributed by atoms with Crippen LogP contribution in [0.15, 0.2) is 42.5 Å². The van der Waals surface area contributed by atoms with E-state index in [9.17, 15) is 9.59 Å². The van der Waals surface area contributed by atoms with Crippen LogP contribution in [0.25, 0.3) is 0 Å². The van der Waals surface area contributed by atoms with E-state index < -0.39 is 0 Å². The predicted molar refractivity (Wildman–Crippen MR) is 79.9 cm³/mol. The zero-order chi connectivity index (χ0) is 15.0. The second-order valence-corrected chi connectivity index (χ2v) is 3.97. The van der Waals surface area contributed by atoms with Gasteiger partial charge in [-0.2, -0.15) is 0 Å². The minimum absolute atomic E-state index is 0.180. The molecular weight excluding hydrogens is 256 g/mol. The van der Waals surface area contributed by atoms with Crippen LogP contribution in [0.4, 0.5) is 11.4 Å². The zero-order valence-electron chi connectivity index (χ0n) is 11.8. The predicted octanol–water partition coefficient (Wildman–Crippen LogP) is 2.72. The van der Waals surface area contributed by atoms with Crippen molar-refractivity contribution in [2.75, 3.05) is 17.7 Å². The van der Waals surface area contributed by atoms with Gasteiger partial charge < -0.3 is 15.4 Å². The zero-order valence-corrected chi connectivity index (χ0v) is 11.8. The average Bonchev–Trinajstić information content (AvgIpc) is 2.38. The molecule has 0 unspecified atom stereocenters. The number of benzene rings is 1. The van der Waals surface area contributed by atoms with E-state index >= 15 is 0 Å². The van der Waals surface area contributed by atoms with Crippen LogP contribution in [0.5, 0.6) is 5.75 Å². The molecular formula is C15H18N2O3. The minimum atomic E-state index is -0.277. The van der Waals surface area contributed by atoms with E-state index in [-0.39, 0.29) is 11.8 Å². The van der Waals surface area contributed by atoms with Gasteiger partial charge in [0.25, 0.3) is 0 Å². The van der Waals surface area contributed by atoms with Crippen LogP contribution in [-0.2, 0) is 9.59 Å². The Kier molecular flexibility index (Phi) is 6.03. The van der Waals surface area contributed by atoms with Crippen LogP contribution in [0, 0.1) is 0 Å². The van der Waals surface area contributed by atoms with Crippen LogP contribution in [-0.4, -0.2) is 18.9 Å². The summed E-state index contributed by atoms with van der Waals surface area (Å²) in [5.74, 6) is 0.0636. The molecule has 0 heterocycles. The van der Waals surface area contributed by atoms with Crippen LogP contribution >= 0.6 is 0 Å². The highest BCUT2D eigenvalue weighted by atomic mass is 16.5. The normalized spacial score (nSPS) is 10.8. The molecule has 106 valence electrons. The highest BCUT2D eigenvalue weighted by molar-refractivity contribution is 6.01. The molecule has 0 aromatic heterocycles. The van der Waals surface area contributed by atoms with Crippen molar-refractivity contribution in [2.24, 2.45) is 0 Å². The molecule has 0 fully saturated rings. The summed E-state index contributed by atoms with van der Waals surface area (Å²) in [6, 6.07) is 5.02. The van der Waals surface area contributed by atoms with Crippen molar-refractivity contribution in [3.05, 3.63) is 42.5 Å². The molecule has 0 saturated heterocycles. The maximum atomic E-state index is 11.7. The van der Waals surface area contributed by atoms with E-state index in [1.54, 1.807) is 30.4 Å². The monoisotopic (exact) mass is 274 g/mol. The number of methoxy groups -OCH3 is 1. The van der Waals surface area contributed by atoms with Gasteiger partial charge in [0.2, 0.25) is 11.8 Å². The first-order chi connectivity index (χ1) is 9.56. The first-order valence-electron chi connectivity index (χ1n) is 6.12. The van der Waals surface area contributed by atoms with Crippen molar-refractivity contribution in [1.29, 1.82) is 0 Å². The Morgan fingerprint density at radius 3 is 2.55 bits per heavy atom. The molecule has 1 rings (SSSR count).